The first-order valence-electron chi connectivity index (χ1n) is 2.82. The van der Waals surface area contributed by atoms with E-state index in [4.69, 9.17) is 0 Å². The van der Waals surface area contributed by atoms with Gasteiger partial charge in [-0.1, -0.05) is 4.33 Å². The second-order valence-electron chi connectivity index (χ2n) is 1.29. The van der Waals surface area contributed by atoms with Crippen LogP contribution in [0.1, 0.15) is 13.8 Å². The van der Waals surface area contributed by atoms with Crippen molar-refractivity contribution < 1.29 is 21.8 Å². The monoisotopic (exact) mass is 193 g/mol. The van der Waals surface area contributed by atoms with Gasteiger partial charge in [0.15, 0.2) is 0 Å². The van der Waals surface area contributed by atoms with Gasteiger partial charge in [0.2, 0.25) is 0 Å². The Morgan fingerprint density at radius 3 is 2.09 bits per heavy atom. The fourth-order valence-electron chi connectivity index (χ4n) is 0.271. The fraction of sp³-hybridized carbons (Fsp3) is 1.00. The standard InChI is InChI=1S/C4H10O5S.Na/c1-3-7-9-10(5,6)8-4-2;/h3-4H2,1-2H3;. The van der Waals surface area contributed by atoms with Gasteiger partial charge < -0.3 is 0 Å². The Morgan fingerprint density at radius 2 is 1.73 bits per heavy atom. The smallest absolute Gasteiger partial charge is 0.247 e. The average molecular weight is 193 g/mol. The molecule has 11 heavy (non-hydrogen) atoms. The third kappa shape index (κ3) is 8.74. The van der Waals surface area contributed by atoms with Crippen LogP contribution in [0.5, 0.6) is 0 Å². The molecule has 0 spiro atoms. The number of hydrogen-bond acceptors (Lipinski definition) is 5. The van der Waals surface area contributed by atoms with Gasteiger partial charge in [-0.3, -0.25) is 0 Å². The first-order valence-corrected chi connectivity index (χ1v) is 4.16. The van der Waals surface area contributed by atoms with Gasteiger partial charge in [0.05, 0.1) is 13.2 Å². The van der Waals surface area contributed by atoms with E-state index < -0.39 is 10.4 Å². The summed E-state index contributed by atoms with van der Waals surface area (Å²) in [5.74, 6) is 0. The topological polar surface area (TPSA) is 61.8 Å². The molecule has 0 N–H and O–H groups in total. The predicted molar refractivity (Wildman–Crippen MR) is 39.0 cm³/mol. The molecule has 0 amide bonds. The normalized spacial score (nSPS) is 10.7. The van der Waals surface area contributed by atoms with Gasteiger partial charge in [0.1, 0.15) is 0 Å². The average Bonchev–Trinajstić information content (AvgIpc) is 1.84. The Balaban J connectivity index is 0. The minimum atomic E-state index is -3.92. The Bertz CT molecular complexity index is 165. The summed E-state index contributed by atoms with van der Waals surface area (Å²) in [5, 5.41) is 0. The molecule has 0 heterocycles. The van der Waals surface area contributed by atoms with Gasteiger partial charge in [0.25, 0.3) is 0 Å². The Kier molecular flexibility index (Phi) is 9.76. The predicted octanol–water partition coefficient (Wildman–Crippen LogP) is -0.145. The third-order valence-electron chi connectivity index (χ3n) is 0.511. The van der Waals surface area contributed by atoms with Crippen molar-refractivity contribution in [1.29, 1.82) is 0 Å². The first-order chi connectivity index (χ1) is 4.62. The number of hydrogen-bond donors (Lipinski definition) is 0. The van der Waals surface area contributed by atoms with Gasteiger partial charge in [0, 0.05) is 29.6 Å². The van der Waals surface area contributed by atoms with Gasteiger partial charge >= 0.3 is 10.4 Å². The Morgan fingerprint density at radius 1 is 1.18 bits per heavy atom. The fourth-order valence-corrected chi connectivity index (χ4v) is 0.813. The van der Waals surface area contributed by atoms with E-state index >= 15 is 0 Å². The van der Waals surface area contributed by atoms with Gasteiger partial charge in [-0.2, -0.15) is 8.42 Å². The summed E-state index contributed by atoms with van der Waals surface area (Å²) in [6.07, 6.45) is 0. The van der Waals surface area contributed by atoms with Crippen LogP contribution in [0.25, 0.3) is 0 Å². The zero-order chi connectivity index (χ0) is 8.04. The summed E-state index contributed by atoms with van der Waals surface area (Å²) >= 11 is 0. The second-order valence-corrected chi connectivity index (χ2v) is 2.48. The SMILES string of the molecule is CCOOS(=O)(=O)OCC.[Na]. The Labute approximate surface area is 88.6 Å². The third-order valence-corrected chi connectivity index (χ3v) is 1.30. The van der Waals surface area contributed by atoms with E-state index in [1.807, 2.05) is 0 Å². The largest absolute Gasteiger partial charge is 0.426 e. The van der Waals surface area contributed by atoms with Crippen molar-refractivity contribution in [1.82, 2.24) is 0 Å². The molecule has 7 heteroatoms. The van der Waals surface area contributed by atoms with E-state index in [0.29, 0.717) is 0 Å². The minimum absolute atomic E-state index is 0. The quantitative estimate of drug-likeness (QED) is 0.345. The van der Waals surface area contributed by atoms with E-state index in [1.54, 1.807) is 6.92 Å². The molecule has 0 rings (SSSR count). The molecule has 0 saturated heterocycles. The van der Waals surface area contributed by atoms with Crippen LogP contribution in [0.2, 0.25) is 0 Å². The maximum absolute atomic E-state index is 10.4. The van der Waals surface area contributed by atoms with Crippen molar-refractivity contribution in [3.05, 3.63) is 0 Å². The van der Waals surface area contributed by atoms with Gasteiger partial charge in [-0.25, -0.2) is 9.07 Å². The van der Waals surface area contributed by atoms with Crippen LogP contribution in [-0.4, -0.2) is 51.2 Å². The van der Waals surface area contributed by atoms with Crippen LogP contribution >= 0.6 is 0 Å². The van der Waals surface area contributed by atoms with Gasteiger partial charge in [-0.05, 0) is 13.8 Å². The summed E-state index contributed by atoms with van der Waals surface area (Å²) in [6.45, 7) is 3.33. The van der Waals surface area contributed by atoms with E-state index in [1.165, 1.54) is 6.92 Å². The summed E-state index contributed by atoms with van der Waals surface area (Å²) < 4.78 is 28.9. The zero-order valence-corrected chi connectivity index (χ0v) is 9.68. The van der Waals surface area contributed by atoms with E-state index in [9.17, 15) is 8.42 Å². The molecule has 1 radical (unpaired) electrons. The van der Waals surface area contributed by atoms with Crippen molar-refractivity contribution in [2.24, 2.45) is 0 Å². The zero-order valence-electron chi connectivity index (χ0n) is 6.86. The molecule has 0 bridgehead atoms. The molecule has 0 aromatic rings. The molecule has 0 aliphatic rings. The Hall–Kier alpha value is 0.830. The van der Waals surface area contributed by atoms with E-state index in [0.717, 1.165) is 0 Å². The van der Waals surface area contributed by atoms with Crippen LogP contribution < -0.4 is 0 Å². The molecule has 0 atom stereocenters. The van der Waals surface area contributed by atoms with Crippen molar-refractivity contribution in [2.45, 2.75) is 13.8 Å². The van der Waals surface area contributed by atoms with Crippen molar-refractivity contribution >= 4 is 40.0 Å². The molecule has 0 fully saturated rings. The molecule has 0 aliphatic carbocycles. The summed E-state index contributed by atoms with van der Waals surface area (Å²) in [7, 11) is -3.92. The molecule has 0 aliphatic heterocycles. The maximum atomic E-state index is 10.4. The molecular formula is C4H10NaO5S. The number of rotatable bonds is 5. The van der Waals surface area contributed by atoms with E-state index in [2.05, 4.69) is 13.4 Å². The van der Waals surface area contributed by atoms with Crippen LogP contribution in [0, 0.1) is 0 Å². The first kappa shape index (κ1) is 14.4. The molecule has 5 nitrogen and oxygen atoms in total. The summed E-state index contributed by atoms with van der Waals surface area (Å²) in [5.41, 5.74) is 0. The molecule has 0 aromatic heterocycles. The summed E-state index contributed by atoms with van der Waals surface area (Å²) in [6, 6.07) is 0. The van der Waals surface area contributed by atoms with Crippen LogP contribution in [0.3, 0.4) is 0 Å². The van der Waals surface area contributed by atoms with Crippen molar-refractivity contribution in [3.8, 4) is 0 Å². The molecule has 0 aromatic carbocycles. The van der Waals surface area contributed by atoms with Crippen molar-refractivity contribution in [3.63, 3.8) is 0 Å². The van der Waals surface area contributed by atoms with Crippen LogP contribution in [0.4, 0.5) is 0 Å². The van der Waals surface area contributed by atoms with Crippen molar-refractivity contribution in [2.75, 3.05) is 13.2 Å². The summed E-state index contributed by atoms with van der Waals surface area (Å²) in [4.78, 5) is 4.14. The van der Waals surface area contributed by atoms with Crippen LogP contribution in [0.15, 0.2) is 0 Å². The molecule has 0 unspecified atom stereocenters. The molecule has 63 valence electrons. The second kappa shape index (κ2) is 7.48. The van der Waals surface area contributed by atoms with Crippen LogP contribution in [-0.2, 0) is 23.8 Å². The minimum Gasteiger partial charge on any atom is -0.247 e. The van der Waals surface area contributed by atoms with Gasteiger partial charge in [-0.15, -0.1) is 0 Å². The molecular weight excluding hydrogens is 183 g/mol. The molecule has 0 saturated carbocycles. The van der Waals surface area contributed by atoms with E-state index in [-0.39, 0.29) is 42.8 Å². The maximum Gasteiger partial charge on any atom is 0.426 e.